The van der Waals surface area contributed by atoms with Crippen molar-refractivity contribution in [3.05, 3.63) is 11.1 Å². The molecular weight excluding hydrogens is 242 g/mol. The molecule has 0 amide bonds. The normalized spacial score (nSPS) is 32.9. The summed E-state index contributed by atoms with van der Waals surface area (Å²) < 4.78 is 0.948. The highest BCUT2D eigenvalue weighted by Crippen LogP contribution is 2.31. The highest BCUT2D eigenvalue weighted by Gasteiger charge is 2.32. The van der Waals surface area contributed by atoms with E-state index in [1.807, 2.05) is 0 Å². The molecule has 1 aliphatic rings. The smallest absolute Gasteiger partial charge is 0.0613 e. The van der Waals surface area contributed by atoms with E-state index in [1.54, 1.807) is 0 Å². The lowest BCUT2D eigenvalue weighted by atomic mass is 9.77. The molecule has 1 fully saturated rings. The average Bonchev–Trinajstić information content (AvgIpc) is 2.18. The summed E-state index contributed by atoms with van der Waals surface area (Å²) in [5, 5.41) is 12.8. The number of halogens is 1. The zero-order chi connectivity index (χ0) is 10.6. The van der Waals surface area contributed by atoms with Gasteiger partial charge in [0, 0.05) is 16.6 Å². The molecule has 0 saturated heterocycles. The Balaban J connectivity index is 2.45. The van der Waals surface area contributed by atoms with Gasteiger partial charge in [-0.25, -0.2) is 0 Å². The van der Waals surface area contributed by atoms with E-state index in [1.165, 1.54) is 12.8 Å². The second-order valence-corrected chi connectivity index (χ2v) is 5.61. The lowest BCUT2D eigenvalue weighted by Gasteiger charge is -2.39. The average molecular weight is 262 g/mol. The Hall–Kier alpha value is 0.140. The summed E-state index contributed by atoms with van der Waals surface area (Å²) in [6, 6.07) is 0. The van der Waals surface area contributed by atoms with Crippen molar-refractivity contribution in [1.29, 1.82) is 0 Å². The molecule has 0 aromatic rings. The van der Waals surface area contributed by atoms with Gasteiger partial charge in [-0.05, 0) is 31.6 Å². The van der Waals surface area contributed by atoms with Crippen LogP contribution in [0.1, 0.15) is 32.6 Å². The van der Waals surface area contributed by atoms with Crippen molar-refractivity contribution in [3.8, 4) is 0 Å². The zero-order valence-electron chi connectivity index (χ0n) is 8.85. The molecule has 0 spiro atoms. The molecule has 1 rings (SSSR count). The van der Waals surface area contributed by atoms with Crippen LogP contribution < -0.4 is 5.32 Å². The Kier molecular flexibility index (Phi) is 4.61. The minimum atomic E-state index is -0.0524. The van der Waals surface area contributed by atoms with Crippen molar-refractivity contribution < 1.29 is 5.11 Å². The maximum Gasteiger partial charge on any atom is 0.0613 e. The summed E-state index contributed by atoms with van der Waals surface area (Å²) in [4.78, 5) is 0. The van der Waals surface area contributed by atoms with Gasteiger partial charge in [-0.1, -0.05) is 29.4 Å². The van der Waals surface area contributed by atoms with Gasteiger partial charge in [0.1, 0.15) is 0 Å². The van der Waals surface area contributed by atoms with Crippen molar-refractivity contribution in [3.63, 3.8) is 0 Å². The fourth-order valence-corrected chi connectivity index (χ4v) is 2.13. The predicted octanol–water partition coefficient (Wildman–Crippen LogP) is 2.43. The molecule has 0 aliphatic heterocycles. The Morgan fingerprint density at radius 1 is 1.57 bits per heavy atom. The minimum absolute atomic E-state index is 0.0524. The summed E-state index contributed by atoms with van der Waals surface area (Å²) in [5.41, 5.74) is -0.0524. The van der Waals surface area contributed by atoms with Crippen LogP contribution in [-0.4, -0.2) is 23.8 Å². The monoisotopic (exact) mass is 261 g/mol. The second kappa shape index (κ2) is 5.29. The first kappa shape index (κ1) is 12.2. The van der Waals surface area contributed by atoms with Gasteiger partial charge >= 0.3 is 0 Å². The Morgan fingerprint density at radius 3 is 2.57 bits per heavy atom. The largest absolute Gasteiger partial charge is 0.394 e. The first-order valence-corrected chi connectivity index (χ1v) is 6.06. The molecule has 2 nitrogen and oxygen atoms in total. The van der Waals surface area contributed by atoms with Gasteiger partial charge in [-0.3, -0.25) is 0 Å². The molecular formula is C11H20BrNO. The molecule has 1 aliphatic carbocycles. The van der Waals surface area contributed by atoms with E-state index in [9.17, 15) is 5.11 Å². The molecule has 0 bridgehead atoms. The molecule has 0 aromatic carbocycles. The van der Waals surface area contributed by atoms with Crippen molar-refractivity contribution in [2.75, 3.05) is 13.2 Å². The molecule has 1 saturated carbocycles. The van der Waals surface area contributed by atoms with Crippen LogP contribution in [0.15, 0.2) is 11.1 Å². The first-order valence-electron chi connectivity index (χ1n) is 5.27. The van der Waals surface area contributed by atoms with Gasteiger partial charge < -0.3 is 10.4 Å². The predicted molar refractivity (Wildman–Crippen MR) is 63.5 cm³/mol. The van der Waals surface area contributed by atoms with Gasteiger partial charge in [0.2, 0.25) is 0 Å². The van der Waals surface area contributed by atoms with Crippen molar-refractivity contribution >= 4 is 15.9 Å². The van der Waals surface area contributed by atoms with Crippen LogP contribution in [-0.2, 0) is 0 Å². The van der Waals surface area contributed by atoms with Gasteiger partial charge in [-0.15, -0.1) is 0 Å². The molecule has 0 heterocycles. The third kappa shape index (κ3) is 3.37. The van der Waals surface area contributed by atoms with Gasteiger partial charge in [0.15, 0.2) is 0 Å². The fourth-order valence-electron chi connectivity index (χ4n) is 1.99. The highest BCUT2D eigenvalue weighted by molar-refractivity contribution is 9.11. The van der Waals surface area contributed by atoms with Crippen molar-refractivity contribution in [2.45, 2.75) is 38.1 Å². The maximum atomic E-state index is 9.43. The van der Waals surface area contributed by atoms with Gasteiger partial charge in [0.05, 0.1) is 6.61 Å². The van der Waals surface area contributed by atoms with E-state index in [2.05, 4.69) is 34.7 Å². The molecule has 3 heteroatoms. The molecule has 0 aromatic heterocycles. The summed E-state index contributed by atoms with van der Waals surface area (Å²) in [6.07, 6.45) is 4.57. The number of hydrogen-bond acceptors (Lipinski definition) is 2. The summed E-state index contributed by atoms with van der Waals surface area (Å²) in [6.45, 7) is 7.06. The lowest BCUT2D eigenvalue weighted by molar-refractivity contribution is 0.109. The quantitative estimate of drug-likeness (QED) is 0.815. The number of aliphatic hydroxyl groups is 1. The van der Waals surface area contributed by atoms with E-state index in [-0.39, 0.29) is 12.1 Å². The summed E-state index contributed by atoms with van der Waals surface area (Å²) >= 11 is 3.33. The van der Waals surface area contributed by atoms with E-state index in [0.29, 0.717) is 0 Å². The molecule has 2 N–H and O–H groups in total. The zero-order valence-corrected chi connectivity index (χ0v) is 10.4. The molecule has 82 valence electrons. The van der Waals surface area contributed by atoms with Crippen LogP contribution >= 0.6 is 15.9 Å². The standard InChI is InChI=1S/C11H20BrNO/c1-9-3-5-11(8-14,6-4-9)13-7-10(2)12/h9,13-14H,2-8H2,1H3. The van der Waals surface area contributed by atoms with Crippen LogP contribution in [0, 0.1) is 5.92 Å². The Labute approximate surface area is 94.9 Å². The Bertz CT molecular complexity index is 197. The van der Waals surface area contributed by atoms with Crippen LogP contribution in [0.25, 0.3) is 0 Å². The van der Waals surface area contributed by atoms with Gasteiger partial charge in [0.25, 0.3) is 0 Å². The van der Waals surface area contributed by atoms with Crippen LogP contribution in [0.3, 0.4) is 0 Å². The molecule has 0 unspecified atom stereocenters. The van der Waals surface area contributed by atoms with Gasteiger partial charge in [-0.2, -0.15) is 0 Å². The number of aliphatic hydroxyl groups excluding tert-OH is 1. The molecule has 0 atom stereocenters. The number of rotatable bonds is 4. The topological polar surface area (TPSA) is 32.3 Å². The van der Waals surface area contributed by atoms with Crippen LogP contribution in [0.4, 0.5) is 0 Å². The first-order chi connectivity index (χ1) is 6.58. The number of hydrogen-bond donors (Lipinski definition) is 2. The summed E-state index contributed by atoms with van der Waals surface area (Å²) in [5.74, 6) is 0.809. The SMILES string of the molecule is C=C(Br)CNC1(CO)CCC(C)CC1. The third-order valence-corrected chi connectivity index (χ3v) is 3.47. The fraction of sp³-hybridized carbons (Fsp3) is 0.818. The van der Waals surface area contributed by atoms with E-state index < -0.39 is 0 Å². The molecule has 0 radical (unpaired) electrons. The van der Waals surface area contributed by atoms with Crippen molar-refractivity contribution in [2.24, 2.45) is 5.92 Å². The maximum absolute atomic E-state index is 9.43. The third-order valence-electron chi connectivity index (χ3n) is 3.19. The van der Waals surface area contributed by atoms with Crippen LogP contribution in [0.2, 0.25) is 0 Å². The second-order valence-electron chi connectivity index (χ2n) is 4.49. The van der Waals surface area contributed by atoms with Crippen LogP contribution in [0.5, 0.6) is 0 Å². The van der Waals surface area contributed by atoms with E-state index in [4.69, 9.17) is 0 Å². The summed E-state index contributed by atoms with van der Waals surface area (Å²) in [7, 11) is 0. The van der Waals surface area contributed by atoms with E-state index >= 15 is 0 Å². The minimum Gasteiger partial charge on any atom is -0.394 e. The van der Waals surface area contributed by atoms with E-state index in [0.717, 1.165) is 29.8 Å². The Morgan fingerprint density at radius 2 is 2.14 bits per heavy atom. The highest BCUT2D eigenvalue weighted by atomic mass is 79.9. The molecule has 14 heavy (non-hydrogen) atoms. The number of nitrogens with one attached hydrogen (secondary N) is 1. The lowest BCUT2D eigenvalue weighted by Crippen LogP contribution is -2.51. The van der Waals surface area contributed by atoms with Crippen molar-refractivity contribution in [1.82, 2.24) is 5.32 Å².